The van der Waals surface area contributed by atoms with Crippen molar-refractivity contribution in [1.82, 2.24) is 4.90 Å². The number of carbonyl (C=O) groups excluding carboxylic acids is 2. The maximum Gasteiger partial charge on any atom is 0.314 e. The fourth-order valence-electron chi connectivity index (χ4n) is 3.14. The highest BCUT2D eigenvalue weighted by molar-refractivity contribution is 6.55. The molecule has 17 heavy (non-hydrogen) atoms. The number of hydrogen-bond acceptors (Lipinski definition) is 5. The van der Waals surface area contributed by atoms with Crippen LogP contribution in [0, 0.1) is 5.92 Å². The number of ether oxygens (including phenoxy) is 2. The van der Waals surface area contributed by atoms with Gasteiger partial charge in [0, 0.05) is 18.5 Å². The molecule has 0 aromatic rings. The topological polar surface area (TPSA) is 55.8 Å². The van der Waals surface area contributed by atoms with Gasteiger partial charge < -0.3 is 9.47 Å². The summed E-state index contributed by atoms with van der Waals surface area (Å²) in [4.78, 5) is 24.9. The molecule has 0 aromatic heterocycles. The van der Waals surface area contributed by atoms with E-state index in [1.807, 2.05) is 7.05 Å². The van der Waals surface area contributed by atoms with Crippen LogP contribution in [0.4, 0.5) is 4.79 Å². The van der Waals surface area contributed by atoms with Gasteiger partial charge in [0.1, 0.15) is 12.0 Å². The summed E-state index contributed by atoms with van der Waals surface area (Å²) in [7, 11) is 8.40. The third kappa shape index (κ3) is 2.18. The second-order valence-corrected chi connectivity index (χ2v) is 4.72. The van der Waals surface area contributed by atoms with Crippen molar-refractivity contribution in [2.24, 2.45) is 5.92 Å². The van der Waals surface area contributed by atoms with Crippen LogP contribution in [0.3, 0.4) is 0 Å². The average molecular weight is 237 g/mol. The van der Waals surface area contributed by atoms with Crippen LogP contribution in [0.15, 0.2) is 0 Å². The molecule has 4 atom stereocenters. The minimum Gasteiger partial charge on any atom is -0.470 e. The summed E-state index contributed by atoms with van der Waals surface area (Å²) >= 11 is 0. The summed E-state index contributed by atoms with van der Waals surface area (Å²) in [5, 5.41) is 0. The third-order valence-corrected chi connectivity index (χ3v) is 3.96. The van der Waals surface area contributed by atoms with Crippen molar-refractivity contribution in [3.63, 3.8) is 0 Å². The molecule has 2 fully saturated rings. The van der Waals surface area contributed by atoms with Crippen molar-refractivity contribution in [2.75, 3.05) is 14.2 Å². The average Bonchev–Trinajstić information content (AvgIpc) is 2.51. The molecule has 0 N–H and O–H groups in total. The lowest BCUT2D eigenvalue weighted by Crippen LogP contribution is -2.53. The van der Waals surface area contributed by atoms with Crippen LogP contribution in [-0.4, -0.2) is 56.9 Å². The first-order valence-corrected chi connectivity index (χ1v) is 5.80. The van der Waals surface area contributed by atoms with E-state index < -0.39 is 17.9 Å². The molecule has 2 heterocycles. The molecule has 4 unspecified atom stereocenters. The Kier molecular flexibility index (Phi) is 3.42. The standard InChI is InChI=1S/C11H16BNO4/c1-13-6-3-4-7(13)9(10(14)16-2)8(5-6)17-11(12)15/h6-9H,3-5H2,1-2H3. The number of carbonyl (C=O) groups is 2. The first-order chi connectivity index (χ1) is 8.04. The Morgan fingerprint density at radius 3 is 2.65 bits per heavy atom. The fourth-order valence-corrected chi connectivity index (χ4v) is 3.14. The summed E-state index contributed by atoms with van der Waals surface area (Å²) in [5.41, 5.74) is 0. The second kappa shape index (κ2) is 4.68. The molecule has 0 saturated carbocycles. The van der Waals surface area contributed by atoms with Gasteiger partial charge in [-0.2, -0.15) is 0 Å². The van der Waals surface area contributed by atoms with E-state index in [0.29, 0.717) is 12.5 Å². The lowest BCUT2D eigenvalue weighted by atomic mass is 9.87. The molecule has 0 spiro atoms. The van der Waals surface area contributed by atoms with E-state index in [0.717, 1.165) is 12.8 Å². The summed E-state index contributed by atoms with van der Waals surface area (Å²) < 4.78 is 9.87. The summed E-state index contributed by atoms with van der Waals surface area (Å²) in [6, 6.07) is 0.454. The number of piperidine rings is 1. The van der Waals surface area contributed by atoms with Crippen LogP contribution in [0.1, 0.15) is 19.3 Å². The maximum atomic E-state index is 11.8. The van der Waals surface area contributed by atoms with Gasteiger partial charge >= 0.3 is 5.97 Å². The monoisotopic (exact) mass is 237 g/mol. The largest absolute Gasteiger partial charge is 0.470 e. The number of hydrogen-bond donors (Lipinski definition) is 0. The molecule has 2 bridgehead atoms. The van der Waals surface area contributed by atoms with Gasteiger partial charge in [-0.25, -0.2) is 0 Å². The zero-order chi connectivity index (χ0) is 12.6. The maximum absolute atomic E-state index is 11.8. The van der Waals surface area contributed by atoms with Crippen LogP contribution in [-0.2, 0) is 14.3 Å². The van der Waals surface area contributed by atoms with Gasteiger partial charge in [0.05, 0.1) is 7.11 Å². The number of methoxy groups -OCH3 is 1. The number of fused-ring (bicyclic) bond motifs is 2. The molecular formula is C11H16BNO4. The molecule has 0 aliphatic carbocycles. The van der Waals surface area contributed by atoms with Crippen molar-refractivity contribution in [2.45, 2.75) is 37.5 Å². The molecule has 92 valence electrons. The Morgan fingerprint density at radius 1 is 1.35 bits per heavy atom. The predicted molar refractivity (Wildman–Crippen MR) is 60.7 cm³/mol. The van der Waals surface area contributed by atoms with E-state index >= 15 is 0 Å². The summed E-state index contributed by atoms with van der Waals surface area (Å²) in [6.07, 6.45) is 2.15. The summed E-state index contributed by atoms with van der Waals surface area (Å²) in [6.45, 7) is 0. The lowest BCUT2D eigenvalue weighted by molar-refractivity contribution is -0.155. The normalized spacial score (nSPS) is 36.6. The van der Waals surface area contributed by atoms with Crippen molar-refractivity contribution in [3.8, 4) is 0 Å². The highest BCUT2D eigenvalue weighted by Crippen LogP contribution is 2.40. The minimum absolute atomic E-state index is 0.0885. The third-order valence-electron chi connectivity index (χ3n) is 3.96. The first kappa shape index (κ1) is 12.4. The number of rotatable bonds is 2. The van der Waals surface area contributed by atoms with Crippen LogP contribution in [0.5, 0.6) is 0 Å². The Balaban J connectivity index is 2.20. The van der Waals surface area contributed by atoms with Gasteiger partial charge in [0.15, 0.2) is 0 Å². The van der Waals surface area contributed by atoms with Gasteiger partial charge in [0.2, 0.25) is 13.7 Å². The smallest absolute Gasteiger partial charge is 0.314 e. The predicted octanol–water partition coefficient (Wildman–Crippen LogP) is 0.316. The molecule has 2 radical (unpaired) electrons. The molecular weight excluding hydrogens is 221 g/mol. The Morgan fingerprint density at radius 2 is 2.06 bits per heavy atom. The highest BCUT2D eigenvalue weighted by atomic mass is 16.6. The Labute approximate surface area is 102 Å². The molecule has 2 aliphatic heterocycles. The zero-order valence-corrected chi connectivity index (χ0v) is 10.1. The van der Waals surface area contributed by atoms with Crippen molar-refractivity contribution in [1.29, 1.82) is 0 Å². The second-order valence-electron chi connectivity index (χ2n) is 4.72. The number of esters is 1. The van der Waals surface area contributed by atoms with Gasteiger partial charge in [-0.3, -0.25) is 14.5 Å². The molecule has 2 rings (SSSR count). The van der Waals surface area contributed by atoms with Crippen LogP contribution < -0.4 is 0 Å². The number of nitrogens with zero attached hydrogens (tertiary/aromatic N) is 1. The van der Waals surface area contributed by atoms with E-state index in [-0.39, 0.29) is 12.0 Å². The first-order valence-electron chi connectivity index (χ1n) is 5.80. The molecule has 0 aromatic carbocycles. The molecule has 0 amide bonds. The van der Waals surface area contributed by atoms with Gasteiger partial charge in [-0.1, -0.05) is 0 Å². The van der Waals surface area contributed by atoms with E-state index in [1.165, 1.54) is 7.11 Å². The van der Waals surface area contributed by atoms with Crippen molar-refractivity contribution >= 4 is 19.7 Å². The van der Waals surface area contributed by atoms with Gasteiger partial charge in [0.25, 0.3) is 0 Å². The zero-order valence-electron chi connectivity index (χ0n) is 10.1. The minimum atomic E-state index is -0.826. The van der Waals surface area contributed by atoms with Crippen LogP contribution in [0.2, 0.25) is 0 Å². The van der Waals surface area contributed by atoms with E-state index in [1.54, 1.807) is 0 Å². The summed E-state index contributed by atoms with van der Waals surface area (Å²) in [5.74, 6) is -1.57. The van der Waals surface area contributed by atoms with Crippen molar-refractivity contribution in [3.05, 3.63) is 0 Å². The van der Waals surface area contributed by atoms with Crippen molar-refractivity contribution < 1.29 is 19.1 Å². The SMILES string of the molecule is [B]C(=O)OC1CC2CCC(C1C(=O)OC)N2C. The van der Waals surface area contributed by atoms with Gasteiger partial charge in [-0.05, 0) is 19.9 Å². The Bertz CT molecular complexity index is 335. The van der Waals surface area contributed by atoms with Gasteiger partial charge in [-0.15, -0.1) is 0 Å². The van der Waals surface area contributed by atoms with E-state index in [9.17, 15) is 9.59 Å². The fraction of sp³-hybridized carbons (Fsp3) is 0.818. The van der Waals surface area contributed by atoms with E-state index in [4.69, 9.17) is 17.3 Å². The van der Waals surface area contributed by atoms with Crippen LogP contribution >= 0.6 is 0 Å². The quantitative estimate of drug-likeness (QED) is 0.511. The van der Waals surface area contributed by atoms with Crippen LogP contribution in [0.25, 0.3) is 0 Å². The highest BCUT2D eigenvalue weighted by Gasteiger charge is 2.50. The molecule has 5 nitrogen and oxygen atoms in total. The molecule has 2 aliphatic rings. The lowest BCUT2D eigenvalue weighted by Gasteiger charge is -2.40. The Hall–Kier alpha value is -1.04. The van der Waals surface area contributed by atoms with E-state index in [2.05, 4.69) is 4.90 Å². The molecule has 2 saturated heterocycles. The molecule has 6 heteroatoms.